The largest absolute Gasteiger partial charge is 0.449 e. The molecule has 0 aliphatic carbocycles. The third-order valence-corrected chi connectivity index (χ3v) is 5.61. The molecule has 2 nitrogen and oxygen atoms in total. The molecule has 0 saturated heterocycles. The molecular formula is C16H30O2Si. The Morgan fingerprint density at radius 1 is 1.21 bits per heavy atom. The number of rotatable bonds is 4. The van der Waals surface area contributed by atoms with E-state index in [0.29, 0.717) is 5.54 Å². The Morgan fingerprint density at radius 3 is 2.05 bits per heavy atom. The fourth-order valence-electron chi connectivity index (χ4n) is 1.78. The molecule has 0 heterocycles. The van der Waals surface area contributed by atoms with E-state index in [2.05, 4.69) is 59.2 Å². The summed E-state index contributed by atoms with van der Waals surface area (Å²) in [5.41, 5.74) is 0.326. The molecule has 0 saturated carbocycles. The van der Waals surface area contributed by atoms with Gasteiger partial charge in [0.05, 0.1) is 8.07 Å². The zero-order chi connectivity index (χ0) is 15.3. The highest BCUT2D eigenvalue weighted by Gasteiger charge is 2.28. The number of carbonyl (C=O) groups is 1. The number of carbonyl (C=O) groups excluding carboxylic acids is 1. The van der Waals surface area contributed by atoms with Crippen molar-refractivity contribution in [3.63, 3.8) is 0 Å². The van der Waals surface area contributed by atoms with Crippen LogP contribution in [-0.4, -0.2) is 20.1 Å². The second-order valence-electron chi connectivity index (χ2n) is 7.35. The van der Waals surface area contributed by atoms with Gasteiger partial charge in [-0.2, -0.15) is 0 Å². The van der Waals surface area contributed by atoms with Crippen molar-refractivity contribution >= 4 is 14.0 Å². The SMILES string of the molecule is CCCC(C#CC(OC(C)=O)C(C)(C)C)[Si](C)(C)C. The third kappa shape index (κ3) is 7.42. The molecule has 2 unspecified atom stereocenters. The van der Waals surface area contributed by atoms with Crippen molar-refractivity contribution in [3.8, 4) is 11.8 Å². The van der Waals surface area contributed by atoms with Gasteiger partial charge < -0.3 is 4.74 Å². The minimum absolute atomic E-state index is 0.144. The fourth-order valence-corrected chi connectivity index (χ4v) is 3.45. The maximum absolute atomic E-state index is 11.2. The van der Waals surface area contributed by atoms with Gasteiger partial charge in [-0.15, -0.1) is 0 Å². The summed E-state index contributed by atoms with van der Waals surface area (Å²) in [7, 11) is -1.29. The van der Waals surface area contributed by atoms with Crippen LogP contribution in [0.25, 0.3) is 0 Å². The van der Waals surface area contributed by atoms with Gasteiger partial charge in [0.15, 0.2) is 6.10 Å². The standard InChI is InChI=1S/C16H30O2Si/c1-9-10-14(19(6,7)8)11-12-15(16(3,4)5)18-13(2)17/h14-15H,9-10H2,1-8H3. The Kier molecular flexibility index (Phi) is 6.86. The molecule has 2 atom stereocenters. The molecule has 0 aromatic heterocycles. The van der Waals surface area contributed by atoms with Crippen molar-refractivity contribution in [1.29, 1.82) is 0 Å². The molecule has 0 aromatic carbocycles. The van der Waals surface area contributed by atoms with Gasteiger partial charge in [0.25, 0.3) is 0 Å². The van der Waals surface area contributed by atoms with E-state index in [9.17, 15) is 4.79 Å². The van der Waals surface area contributed by atoms with E-state index in [1.54, 1.807) is 0 Å². The van der Waals surface area contributed by atoms with Gasteiger partial charge in [-0.25, -0.2) is 0 Å². The van der Waals surface area contributed by atoms with Gasteiger partial charge in [-0.05, 0) is 6.42 Å². The maximum Gasteiger partial charge on any atom is 0.303 e. The van der Waals surface area contributed by atoms with E-state index >= 15 is 0 Å². The van der Waals surface area contributed by atoms with Crippen LogP contribution in [0.4, 0.5) is 0 Å². The predicted molar refractivity (Wildman–Crippen MR) is 84.8 cm³/mol. The number of ether oxygens (including phenoxy) is 1. The van der Waals surface area contributed by atoms with E-state index in [4.69, 9.17) is 4.74 Å². The first-order valence-corrected chi connectivity index (χ1v) is 10.7. The second-order valence-corrected chi connectivity index (χ2v) is 12.8. The zero-order valence-corrected chi connectivity index (χ0v) is 14.9. The number of hydrogen-bond acceptors (Lipinski definition) is 2. The van der Waals surface area contributed by atoms with E-state index in [0.717, 1.165) is 12.8 Å². The van der Waals surface area contributed by atoms with Crippen molar-refractivity contribution in [2.24, 2.45) is 5.41 Å². The first kappa shape index (κ1) is 18.2. The topological polar surface area (TPSA) is 26.3 Å². The molecule has 0 rings (SSSR count). The van der Waals surface area contributed by atoms with Crippen molar-refractivity contribution < 1.29 is 9.53 Å². The van der Waals surface area contributed by atoms with Gasteiger partial charge in [-0.1, -0.05) is 65.6 Å². The second kappa shape index (κ2) is 7.14. The summed E-state index contributed by atoms with van der Waals surface area (Å²) in [6.45, 7) is 16.8. The predicted octanol–water partition coefficient (Wildman–Crippen LogP) is 4.48. The Bertz CT molecular complexity index is 350. The number of esters is 1. The molecule has 0 amide bonds. The molecule has 19 heavy (non-hydrogen) atoms. The molecule has 0 bridgehead atoms. The zero-order valence-electron chi connectivity index (χ0n) is 13.9. The average Bonchev–Trinajstić information content (AvgIpc) is 2.18. The molecule has 110 valence electrons. The lowest BCUT2D eigenvalue weighted by atomic mass is 9.89. The molecule has 0 aliphatic heterocycles. The van der Waals surface area contributed by atoms with Gasteiger partial charge in [0.1, 0.15) is 0 Å². The lowest BCUT2D eigenvalue weighted by Crippen LogP contribution is -2.31. The molecule has 0 aliphatic rings. The van der Waals surface area contributed by atoms with Gasteiger partial charge in [-0.3, -0.25) is 4.79 Å². The fraction of sp³-hybridized carbons (Fsp3) is 0.812. The van der Waals surface area contributed by atoms with Crippen LogP contribution in [0.2, 0.25) is 25.2 Å². The van der Waals surface area contributed by atoms with Gasteiger partial charge in [0, 0.05) is 17.9 Å². The summed E-state index contributed by atoms with van der Waals surface area (Å²) in [6, 6.07) is 0. The van der Waals surface area contributed by atoms with E-state index in [1.165, 1.54) is 6.92 Å². The summed E-state index contributed by atoms with van der Waals surface area (Å²) in [6.07, 6.45) is 1.97. The Balaban J connectivity index is 5.11. The molecule has 0 fully saturated rings. The highest BCUT2D eigenvalue weighted by Crippen LogP contribution is 2.27. The van der Waals surface area contributed by atoms with Crippen LogP contribution in [0.5, 0.6) is 0 Å². The molecular weight excluding hydrogens is 252 g/mol. The lowest BCUT2D eigenvalue weighted by Gasteiger charge is -2.27. The highest BCUT2D eigenvalue weighted by molar-refractivity contribution is 6.78. The summed E-state index contributed by atoms with van der Waals surface area (Å²) in [5.74, 6) is 6.38. The van der Waals surface area contributed by atoms with Crippen molar-refractivity contribution in [2.45, 2.75) is 78.7 Å². The van der Waals surface area contributed by atoms with Crippen LogP contribution >= 0.6 is 0 Å². The van der Waals surface area contributed by atoms with Crippen molar-refractivity contribution in [3.05, 3.63) is 0 Å². The number of hydrogen-bond donors (Lipinski definition) is 0. The minimum atomic E-state index is -1.29. The highest BCUT2D eigenvalue weighted by atomic mass is 28.3. The average molecular weight is 282 g/mol. The van der Waals surface area contributed by atoms with Crippen LogP contribution in [0.1, 0.15) is 47.5 Å². The summed E-state index contributed by atoms with van der Waals surface area (Å²) in [4.78, 5) is 11.2. The Morgan fingerprint density at radius 2 is 1.74 bits per heavy atom. The molecule has 0 aromatic rings. The van der Waals surface area contributed by atoms with Gasteiger partial charge in [0.2, 0.25) is 0 Å². The van der Waals surface area contributed by atoms with E-state index in [1.807, 2.05) is 0 Å². The summed E-state index contributed by atoms with van der Waals surface area (Å²) < 4.78 is 5.36. The van der Waals surface area contributed by atoms with Crippen LogP contribution < -0.4 is 0 Å². The smallest absolute Gasteiger partial charge is 0.303 e. The first-order valence-electron chi connectivity index (χ1n) is 7.16. The van der Waals surface area contributed by atoms with E-state index in [-0.39, 0.29) is 17.5 Å². The quantitative estimate of drug-likeness (QED) is 0.432. The Hall–Kier alpha value is -0.753. The maximum atomic E-state index is 11.2. The lowest BCUT2D eigenvalue weighted by molar-refractivity contribution is -0.147. The molecule has 0 N–H and O–H groups in total. The molecule has 3 heteroatoms. The molecule has 0 spiro atoms. The Labute approximate surface area is 120 Å². The monoisotopic (exact) mass is 282 g/mol. The molecule has 0 radical (unpaired) electrons. The van der Waals surface area contributed by atoms with Crippen LogP contribution in [0.3, 0.4) is 0 Å². The van der Waals surface area contributed by atoms with Crippen molar-refractivity contribution in [1.82, 2.24) is 0 Å². The summed E-state index contributed by atoms with van der Waals surface area (Å²) in [5, 5.41) is 0. The minimum Gasteiger partial charge on any atom is -0.449 e. The van der Waals surface area contributed by atoms with Crippen LogP contribution in [0.15, 0.2) is 0 Å². The van der Waals surface area contributed by atoms with E-state index < -0.39 is 8.07 Å². The third-order valence-electron chi connectivity index (χ3n) is 3.08. The normalized spacial score (nSPS) is 15.2. The summed E-state index contributed by atoms with van der Waals surface area (Å²) >= 11 is 0. The van der Waals surface area contributed by atoms with Crippen molar-refractivity contribution in [2.75, 3.05) is 0 Å². The first-order chi connectivity index (χ1) is 8.48. The van der Waals surface area contributed by atoms with Crippen LogP contribution in [-0.2, 0) is 9.53 Å². The van der Waals surface area contributed by atoms with Gasteiger partial charge >= 0.3 is 5.97 Å². The van der Waals surface area contributed by atoms with Crippen LogP contribution in [0, 0.1) is 17.3 Å².